The molecule has 1 heterocycles. The molecular formula is C25H32N2O3. The number of amides is 1. The number of carbonyl (C=O) groups excluding carboxylic acids is 1. The lowest BCUT2D eigenvalue weighted by Gasteiger charge is -2.27. The molecule has 5 nitrogen and oxygen atoms in total. The summed E-state index contributed by atoms with van der Waals surface area (Å²) in [7, 11) is 0. The van der Waals surface area contributed by atoms with Gasteiger partial charge in [-0.2, -0.15) is 0 Å². The van der Waals surface area contributed by atoms with Gasteiger partial charge < -0.3 is 14.8 Å². The number of nitrogens with zero attached hydrogens (tertiary/aromatic N) is 1. The summed E-state index contributed by atoms with van der Waals surface area (Å²) in [5, 5.41) is 3.07. The largest absolute Gasteiger partial charge is 0.481 e. The van der Waals surface area contributed by atoms with Gasteiger partial charge >= 0.3 is 0 Å². The molecule has 0 spiro atoms. The van der Waals surface area contributed by atoms with Crippen LogP contribution in [0, 0.1) is 0 Å². The van der Waals surface area contributed by atoms with Crippen molar-refractivity contribution in [3.63, 3.8) is 0 Å². The molecule has 0 unspecified atom stereocenters. The zero-order valence-corrected chi connectivity index (χ0v) is 17.9. The van der Waals surface area contributed by atoms with Crippen LogP contribution in [0.25, 0.3) is 0 Å². The fourth-order valence-corrected chi connectivity index (χ4v) is 4.31. The monoisotopic (exact) mass is 408 g/mol. The number of morpholine rings is 1. The Labute approximate surface area is 179 Å². The maximum Gasteiger partial charge on any atom is 0.261 e. The number of hydrogen-bond acceptors (Lipinski definition) is 4. The molecule has 1 fully saturated rings. The van der Waals surface area contributed by atoms with E-state index < -0.39 is 6.10 Å². The summed E-state index contributed by atoms with van der Waals surface area (Å²) >= 11 is 0. The van der Waals surface area contributed by atoms with Crippen LogP contribution in [-0.2, 0) is 35.5 Å². The van der Waals surface area contributed by atoms with Gasteiger partial charge in [0.15, 0.2) is 6.10 Å². The van der Waals surface area contributed by atoms with Crippen LogP contribution in [0.15, 0.2) is 42.5 Å². The molecule has 4 rings (SSSR count). The molecule has 0 saturated carbocycles. The molecule has 30 heavy (non-hydrogen) atoms. The SMILES string of the molecule is C[C@@H](Oc1cccc2c1CCCC2)C(=O)NCc1ccccc1CN1CCOCC1. The van der Waals surface area contributed by atoms with Gasteiger partial charge in [0.25, 0.3) is 5.91 Å². The van der Waals surface area contributed by atoms with Crippen molar-refractivity contribution in [1.82, 2.24) is 10.2 Å². The second kappa shape index (κ2) is 10.1. The number of benzene rings is 2. The molecule has 2 aromatic rings. The number of fused-ring (bicyclic) bond motifs is 1. The van der Waals surface area contributed by atoms with Crippen molar-refractivity contribution in [2.24, 2.45) is 0 Å². The van der Waals surface area contributed by atoms with Gasteiger partial charge in [0.2, 0.25) is 0 Å². The Balaban J connectivity index is 1.35. The fraction of sp³-hybridized carbons (Fsp3) is 0.480. The quantitative estimate of drug-likeness (QED) is 0.762. The van der Waals surface area contributed by atoms with E-state index in [1.807, 2.05) is 25.1 Å². The van der Waals surface area contributed by atoms with Gasteiger partial charge in [0.05, 0.1) is 13.2 Å². The molecule has 1 aliphatic heterocycles. The molecule has 160 valence electrons. The first-order chi connectivity index (χ1) is 14.7. The Hall–Kier alpha value is -2.37. The summed E-state index contributed by atoms with van der Waals surface area (Å²) < 4.78 is 11.5. The Kier molecular flexibility index (Phi) is 7.03. The number of carbonyl (C=O) groups is 1. The van der Waals surface area contributed by atoms with Crippen molar-refractivity contribution in [2.75, 3.05) is 26.3 Å². The lowest BCUT2D eigenvalue weighted by molar-refractivity contribution is -0.127. The van der Waals surface area contributed by atoms with Crippen molar-refractivity contribution in [2.45, 2.75) is 51.8 Å². The molecule has 1 aliphatic carbocycles. The molecule has 1 atom stereocenters. The normalized spacial score (nSPS) is 17.8. The minimum atomic E-state index is -0.523. The third-order valence-electron chi connectivity index (χ3n) is 6.10. The Morgan fingerprint density at radius 2 is 1.83 bits per heavy atom. The topological polar surface area (TPSA) is 50.8 Å². The number of rotatable bonds is 7. The number of nitrogens with one attached hydrogen (secondary N) is 1. The van der Waals surface area contributed by atoms with Gasteiger partial charge in [-0.3, -0.25) is 9.69 Å². The van der Waals surface area contributed by atoms with Crippen LogP contribution >= 0.6 is 0 Å². The van der Waals surface area contributed by atoms with Crippen LogP contribution in [0.2, 0.25) is 0 Å². The van der Waals surface area contributed by atoms with Gasteiger partial charge in [-0.05, 0) is 60.9 Å². The molecule has 1 amide bonds. The molecule has 1 saturated heterocycles. The lowest BCUT2D eigenvalue weighted by Crippen LogP contribution is -2.37. The fourth-order valence-electron chi connectivity index (χ4n) is 4.31. The van der Waals surface area contributed by atoms with Gasteiger partial charge in [0, 0.05) is 26.2 Å². The first-order valence-electron chi connectivity index (χ1n) is 11.1. The van der Waals surface area contributed by atoms with Gasteiger partial charge in [-0.1, -0.05) is 36.4 Å². The Bertz CT molecular complexity index is 861. The zero-order chi connectivity index (χ0) is 20.8. The van der Waals surface area contributed by atoms with Crippen molar-refractivity contribution in [1.29, 1.82) is 0 Å². The summed E-state index contributed by atoms with van der Waals surface area (Å²) in [4.78, 5) is 15.1. The highest BCUT2D eigenvalue weighted by Crippen LogP contribution is 2.30. The zero-order valence-electron chi connectivity index (χ0n) is 17.9. The second-order valence-corrected chi connectivity index (χ2v) is 8.24. The van der Waals surface area contributed by atoms with Crippen LogP contribution in [-0.4, -0.2) is 43.2 Å². The third-order valence-corrected chi connectivity index (χ3v) is 6.10. The molecule has 0 bridgehead atoms. The number of ether oxygens (including phenoxy) is 2. The molecule has 2 aromatic carbocycles. The van der Waals surface area contributed by atoms with Crippen LogP contribution in [0.5, 0.6) is 5.75 Å². The molecule has 2 aliphatic rings. The Morgan fingerprint density at radius 3 is 2.67 bits per heavy atom. The van der Waals surface area contributed by atoms with E-state index in [-0.39, 0.29) is 5.91 Å². The van der Waals surface area contributed by atoms with Crippen molar-refractivity contribution in [3.05, 3.63) is 64.7 Å². The van der Waals surface area contributed by atoms with E-state index in [0.29, 0.717) is 6.54 Å². The highest BCUT2D eigenvalue weighted by Gasteiger charge is 2.20. The van der Waals surface area contributed by atoms with Gasteiger partial charge in [-0.25, -0.2) is 0 Å². The summed E-state index contributed by atoms with van der Waals surface area (Å²) in [6, 6.07) is 14.5. The predicted molar refractivity (Wildman–Crippen MR) is 118 cm³/mol. The number of hydrogen-bond donors (Lipinski definition) is 1. The van der Waals surface area contributed by atoms with Gasteiger partial charge in [-0.15, -0.1) is 0 Å². The summed E-state index contributed by atoms with van der Waals surface area (Å²) in [6.45, 7) is 6.71. The van der Waals surface area contributed by atoms with Crippen LogP contribution < -0.4 is 10.1 Å². The van der Waals surface area contributed by atoms with Crippen molar-refractivity contribution in [3.8, 4) is 5.75 Å². The van der Waals surface area contributed by atoms with E-state index in [4.69, 9.17) is 9.47 Å². The van der Waals surface area contributed by atoms with Crippen molar-refractivity contribution < 1.29 is 14.3 Å². The van der Waals surface area contributed by atoms with Gasteiger partial charge in [0.1, 0.15) is 5.75 Å². The van der Waals surface area contributed by atoms with E-state index in [0.717, 1.165) is 57.0 Å². The average Bonchev–Trinajstić information content (AvgIpc) is 2.79. The van der Waals surface area contributed by atoms with E-state index in [2.05, 4.69) is 34.5 Å². The Morgan fingerprint density at radius 1 is 1.07 bits per heavy atom. The highest BCUT2D eigenvalue weighted by atomic mass is 16.5. The molecular weight excluding hydrogens is 376 g/mol. The molecule has 1 N–H and O–H groups in total. The molecule has 0 radical (unpaired) electrons. The lowest BCUT2D eigenvalue weighted by atomic mass is 9.91. The van der Waals surface area contributed by atoms with Crippen LogP contribution in [0.1, 0.15) is 42.0 Å². The third kappa shape index (κ3) is 5.21. The minimum Gasteiger partial charge on any atom is -0.481 e. The highest BCUT2D eigenvalue weighted by molar-refractivity contribution is 5.80. The van der Waals surface area contributed by atoms with Crippen molar-refractivity contribution >= 4 is 5.91 Å². The number of aryl methyl sites for hydroxylation is 1. The maximum atomic E-state index is 12.7. The molecule has 5 heteroatoms. The molecule has 0 aromatic heterocycles. The van der Waals surface area contributed by atoms with Crippen LogP contribution in [0.3, 0.4) is 0 Å². The van der Waals surface area contributed by atoms with Crippen LogP contribution in [0.4, 0.5) is 0 Å². The summed E-state index contributed by atoms with van der Waals surface area (Å²) in [6.07, 6.45) is 4.04. The smallest absolute Gasteiger partial charge is 0.261 e. The van der Waals surface area contributed by atoms with E-state index >= 15 is 0 Å². The first-order valence-corrected chi connectivity index (χ1v) is 11.1. The summed E-state index contributed by atoms with van der Waals surface area (Å²) in [5.74, 6) is 0.784. The second-order valence-electron chi connectivity index (χ2n) is 8.24. The predicted octanol–water partition coefficient (Wildman–Crippen LogP) is 3.48. The van der Waals surface area contributed by atoms with E-state index in [9.17, 15) is 4.79 Å². The van der Waals surface area contributed by atoms with E-state index in [1.54, 1.807) is 0 Å². The summed E-state index contributed by atoms with van der Waals surface area (Å²) in [5.41, 5.74) is 5.05. The minimum absolute atomic E-state index is 0.0791. The average molecular weight is 409 g/mol. The van der Waals surface area contributed by atoms with E-state index in [1.165, 1.54) is 29.5 Å². The maximum absolute atomic E-state index is 12.7. The first kappa shape index (κ1) is 20.9. The standard InChI is InChI=1S/C25H32N2O3/c1-19(30-24-12-6-10-20-7-4-5-11-23(20)24)25(28)26-17-21-8-2-3-9-22(21)18-27-13-15-29-16-14-27/h2-3,6,8-10,12,19H,4-5,7,11,13-18H2,1H3,(H,26,28)/t19-/m1/s1.